The van der Waals surface area contributed by atoms with E-state index in [1.165, 1.54) is 0 Å². The van der Waals surface area contributed by atoms with Crippen molar-refractivity contribution in [2.75, 3.05) is 52.9 Å². The fourth-order valence-electron chi connectivity index (χ4n) is 11.4. The summed E-state index contributed by atoms with van der Waals surface area (Å²) in [5.74, 6) is 4.06. The van der Waals surface area contributed by atoms with Crippen molar-refractivity contribution in [1.29, 1.82) is 0 Å². The molecule has 0 fully saturated rings. The standard InChI is InChI=1S/C74H58O8/c75-37-39-77-65-33-29-51-15-5-9-21-59(51)71(65)73-61-23-11-7-17-53(61)31-35-67(73)79-41-43-81-69-48-64(58-28-26-50-14-2-4-20-56(50)46-58)70(47-63(69)57-27-25-49-13-1-3-19-55(49)45-57)82-44-42-80-68-36-32-54-18-8-12-24-62(54)74(68)72-60-22-10-6-16-52(60)30-34-66(72)78-40-38-76/h1-36,45-48,75-76H,37-44H2. The Morgan fingerprint density at radius 2 is 0.476 bits per heavy atom. The number of hydrogen-bond donors (Lipinski definition) is 2. The number of fused-ring (bicyclic) bond motifs is 6. The van der Waals surface area contributed by atoms with Gasteiger partial charge in [-0.1, -0.05) is 194 Å². The molecular weight excluding hydrogens is 1020 g/mol. The maximum atomic E-state index is 9.87. The highest BCUT2D eigenvalue weighted by molar-refractivity contribution is 6.11. The third-order valence-corrected chi connectivity index (χ3v) is 15.2. The molecule has 82 heavy (non-hydrogen) atoms. The van der Waals surface area contributed by atoms with Crippen LogP contribution < -0.4 is 28.4 Å². The zero-order chi connectivity index (χ0) is 55.2. The summed E-state index contributed by atoms with van der Waals surface area (Å²) in [6.07, 6.45) is 0. The van der Waals surface area contributed by atoms with Gasteiger partial charge in [0, 0.05) is 33.4 Å². The van der Waals surface area contributed by atoms with Crippen molar-refractivity contribution in [3.63, 3.8) is 0 Å². The molecule has 0 aliphatic carbocycles. The summed E-state index contributed by atoms with van der Waals surface area (Å²) in [7, 11) is 0. The minimum Gasteiger partial charge on any atom is -0.491 e. The number of aliphatic hydroxyl groups excluding tert-OH is 2. The van der Waals surface area contributed by atoms with E-state index in [9.17, 15) is 10.2 Å². The molecule has 13 rings (SSSR count). The van der Waals surface area contributed by atoms with E-state index in [1.807, 2.05) is 72.8 Å². The lowest BCUT2D eigenvalue weighted by Gasteiger charge is -2.21. The van der Waals surface area contributed by atoms with E-state index < -0.39 is 0 Å². The van der Waals surface area contributed by atoms with Crippen LogP contribution in [0.1, 0.15) is 0 Å². The Labute approximate surface area is 475 Å². The lowest BCUT2D eigenvalue weighted by molar-refractivity contribution is 0.202. The van der Waals surface area contributed by atoms with Crippen molar-refractivity contribution in [2.45, 2.75) is 0 Å². The number of rotatable bonds is 20. The molecular formula is C74H58O8. The predicted octanol–water partition coefficient (Wildman–Crippen LogP) is 16.9. The summed E-state index contributed by atoms with van der Waals surface area (Å²) in [6, 6.07) is 83.3. The molecule has 0 radical (unpaired) electrons. The monoisotopic (exact) mass is 1070 g/mol. The number of hydrogen-bond acceptors (Lipinski definition) is 8. The maximum absolute atomic E-state index is 9.87. The van der Waals surface area contributed by atoms with Crippen LogP contribution in [0.25, 0.3) is 109 Å². The van der Waals surface area contributed by atoms with Crippen molar-refractivity contribution in [1.82, 2.24) is 0 Å². The normalized spacial score (nSPS) is 11.4. The SMILES string of the molecule is OCCOc1ccc2ccccc2c1-c1c(OCCOc2cc(-c3ccc4ccccc4c3)c(OCCOc3ccc4ccccc4c3-c3c(OCCO)ccc4ccccc34)cc2-c2ccc3ccccc3c2)ccc2ccccc12. The Balaban J connectivity index is 0.861. The van der Waals surface area contributed by atoms with Crippen LogP contribution >= 0.6 is 0 Å². The molecule has 0 unspecified atom stereocenters. The molecule has 0 heterocycles. The first-order valence-corrected chi connectivity index (χ1v) is 27.8. The van der Waals surface area contributed by atoms with E-state index in [0.717, 1.165) is 109 Å². The molecule has 0 saturated heterocycles. The van der Waals surface area contributed by atoms with Gasteiger partial charge in [-0.25, -0.2) is 0 Å². The molecule has 0 aromatic heterocycles. The average molecular weight is 1080 g/mol. The Kier molecular flexibility index (Phi) is 14.8. The number of benzene rings is 13. The van der Waals surface area contributed by atoms with Crippen LogP contribution in [-0.4, -0.2) is 63.1 Å². The van der Waals surface area contributed by atoms with E-state index in [2.05, 4.69) is 170 Å². The van der Waals surface area contributed by atoms with Gasteiger partial charge in [-0.3, -0.25) is 0 Å². The Bertz CT molecular complexity index is 4190. The van der Waals surface area contributed by atoms with Crippen LogP contribution in [0.4, 0.5) is 0 Å². The van der Waals surface area contributed by atoms with Crippen molar-refractivity contribution >= 4 is 64.6 Å². The van der Waals surface area contributed by atoms with E-state index in [4.69, 9.17) is 28.4 Å². The largest absolute Gasteiger partial charge is 0.491 e. The topological polar surface area (TPSA) is 95.8 Å². The predicted molar refractivity (Wildman–Crippen MR) is 333 cm³/mol. The molecule has 0 spiro atoms. The van der Waals surface area contributed by atoms with E-state index in [0.29, 0.717) is 34.5 Å². The first kappa shape index (κ1) is 51.6. The van der Waals surface area contributed by atoms with Gasteiger partial charge in [-0.05, 0) is 124 Å². The molecule has 0 aliphatic rings. The van der Waals surface area contributed by atoms with Crippen molar-refractivity contribution in [2.24, 2.45) is 0 Å². The van der Waals surface area contributed by atoms with Gasteiger partial charge < -0.3 is 38.6 Å². The van der Waals surface area contributed by atoms with Gasteiger partial charge in [-0.15, -0.1) is 0 Å². The van der Waals surface area contributed by atoms with Crippen molar-refractivity contribution in [3.05, 3.63) is 243 Å². The molecule has 0 saturated carbocycles. The molecule has 8 nitrogen and oxygen atoms in total. The molecule has 13 aromatic rings. The summed E-state index contributed by atoms with van der Waals surface area (Å²) >= 11 is 0. The summed E-state index contributed by atoms with van der Waals surface area (Å²) in [4.78, 5) is 0. The maximum Gasteiger partial charge on any atom is 0.128 e. The van der Waals surface area contributed by atoms with Crippen LogP contribution in [0, 0.1) is 0 Å². The fourth-order valence-corrected chi connectivity index (χ4v) is 11.4. The molecule has 2 N–H and O–H groups in total. The van der Waals surface area contributed by atoms with E-state index in [1.54, 1.807) is 0 Å². The smallest absolute Gasteiger partial charge is 0.128 e. The highest BCUT2D eigenvalue weighted by Crippen LogP contribution is 2.48. The molecule has 13 aromatic carbocycles. The summed E-state index contributed by atoms with van der Waals surface area (Å²) in [5.41, 5.74) is 7.29. The van der Waals surface area contributed by atoms with Crippen LogP contribution in [0.3, 0.4) is 0 Å². The fraction of sp³-hybridized carbons (Fsp3) is 0.108. The zero-order valence-electron chi connectivity index (χ0n) is 45.1. The van der Waals surface area contributed by atoms with Gasteiger partial charge in [0.05, 0.1) is 13.2 Å². The molecule has 0 amide bonds. The Morgan fingerprint density at radius 3 is 0.793 bits per heavy atom. The Morgan fingerprint density at radius 1 is 0.220 bits per heavy atom. The number of aliphatic hydroxyl groups is 2. The van der Waals surface area contributed by atoms with Gasteiger partial charge in [0.25, 0.3) is 0 Å². The highest BCUT2D eigenvalue weighted by Gasteiger charge is 2.23. The molecule has 8 heteroatoms. The highest BCUT2D eigenvalue weighted by atomic mass is 16.5. The Hall–Kier alpha value is -9.86. The lowest BCUT2D eigenvalue weighted by Crippen LogP contribution is -2.12. The van der Waals surface area contributed by atoms with Crippen LogP contribution in [-0.2, 0) is 0 Å². The minimum absolute atomic E-state index is 0.112. The van der Waals surface area contributed by atoms with Gasteiger partial charge in [0.15, 0.2) is 0 Å². The van der Waals surface area contributed by atoms with Gasteiger partial charge in [-0.2, -0.15) is 0 Å². The lowest BCUT2D eigenvalue weighted by atomic mass is 9.92. The molecule has 0 aliphatic heterocycles. The zero-order valence-corrected chi connectivity index (χ0v) is 45.1. The molecule has 0 atom stereocenters. The summed E-state index contributed by atoms with van der Waals surface area (Å²) in [5, 5.41) is 32.5. The van der Waals surface area contributed by atoms with Crippen LogP contribution in [0.2, 0.25) is 0 Å². The third kappa shape index (κ3) is 10.3. The summed E-state index contributed by atoms with van der Waals surface area (Å²) < 4.78 is 40.1. The van der Waals surface area contributed by atoms with Crippen molar-refractivity contribution < 1.29 is 38.6 Å². The van der Waals surface area contributed by atoms with E-state index in [-0.39, 0.29) is 52.9 Å². The quantitative estimate of drug-likeness (QED) is 0.0729. The first-order valence-electron chi connectivity index (χ1n) is 27.8. The summed E-state index contributed by atoms with van der Waals surface area (Å²) in [6.45, 7) is 0.982. The third-order valence-electron chi connectivity index (χ3n) is 15.2. The minimum atomic E-state index is -0.112. The van der Waals surface area contributed by atoms with Crippen LogP contribution in [0.5, 0.6) is 34.5 Å². The molecule has 402 valence electrons. The van der Waals surface area contributed by atoms with Gasteiger partial charge in [0.2, 0.25) is 0 Å². The average Bonchev–Trinajstić information content (AvgIpc) is 3.07. The second-order valence-electron chi connectivity index (χ2n) is 20.1. The van der Waals surface area contributed by atoms with Gasteiger partial charge in [0.1, 0.15) is 74.1 Å². The molecule has 0 bridgehead atoms. The number of ether oxygens (including phenoxy) is 6. The second kappa shape index (κ2) is 23.5. The van der Waals surface area contributed by atoms with Crippen LogP contribution in [0.15, 0.2) is 243 Å². The second-order valence-corrected chi connectivity index (χ2v) is 20.1. The van der Waals surface area contributed by atoms with E-state index >= 15 is 0 Å². The van der Waals surface area contributed by atoms with Crippen molar-refractivity contribution in [3.8, 4) is 79.0 Å². The van der Waals surface area contributed by atoms with Gasteiger partial charge >= 0.3 is 0 Å². The first-order chi connectivity index (χ1) is 40.6.